The maximum atomic E-state index is 14.1. The minimum absolute atomic E-state index is 0.0734. The van der Waals surface area contributed by atoms with Gasteiger partial charge in [-0.2, -0.15) is 0 Å². The number of benzene rings is 3. The van der Waals surface area contributed by atoms with E-state index in [4.69, 9.17) is 9.47 Å². The number of hydrogen-bond acceptors (Lipinski definition) is 4. The second kappa shape index (κ2) is 10.0. The first-order valence-electron chi connectivity index (χ1n) is 9.28. The molecule has 0 radical (unpaired) electrons. The van der Waals surface area contributed by atoms with Gasteiger partial charge in [0.2, 0.25) is 5.82 Å². The first-order chi connectivity index (χ1) is 15.3. The van der Waals surface area contributed by atoms with Crippen molar-refractivity contribution < 1.29 is 41.0 Å². The highest BCUT2D eigenvalue weighted by molar-refractivity contribution is 5.90. The Labute approximate surface area is 179 Å². The Bertz CT molecular complexity index is 1090. The number of carbonyl (C=O) groups excluding carboxylic acids is 2. The summed E-state index contributed by atoms with van der Waals surface area (Å²) >= 11 is 0. The van der Waals surface area contributed by atoms with Crippen LogP contribution in [0.15, 0.2) is 60.7 Å². The Balaban J connectivity index is 1.85. The highest BCUT2D eigenvalue weighted by Crippen LogP contribution is 2.25. The standard InChI is InChI=1S/C23H15F5O4/c24-17-16(18(25)20(27)21(28)19(17)26)11-15(32-23(30)14-9-5-2-6-10-14)12-31-22(29)13-7-3-1-4-8-13/h1-10,15H,11-12H2/t15-/m1/s1. The van der Waals surface area contributed by atoms with E-state index in [1.54, 1.807) is 24.3 Å². The summed E-state index contributed by atoms with van der Waals surface area (Å²) in [7, 11) is 0. The molecule has 4 nitrogen and oxygen atoms in total. The van der Waals surface area contributed by atoms with Gasteiger partial charge in [0, 0.05) is 12.0 Å². The minimum Gasteiger partial charge on any atom is -0.458 e. The van der Waals surface area contributed by atoms with E-state index >= 15 is 0 Å². The third-order valence-electron chi connectivity index (χ3n) is 4.43. The molecule has 0 unspecified atom stereocenters. The van der Waals surface area contributed by atoms with Gasteiger partial charge in [0.1, 0.15) is 12.7 Å². The van der Waals surface area contributed by atoms with Gasteiger partial charge in [0.25, 0.3) is 0 Å². The summed E-state index contributed by atoms with van der Waals surface area (Å²) in [5.41, 5.74) is -0.968. The fourth-order valence-corrected chi connectivity index (χ4v) is 2.81. The second-order valence-corrected chi connectivity index (χ2v) is 6.61. The molecule has 0 aliphatic heterocycles. The maximum absolute atomic E-state index is 14.1. The van der Waals surface area contributed by atoms with E-state index in [0.29, 0.717) is 0 Å². The summed E-state index contributed by atoms with van der Waals surface area (Å²) in [5.74, 6) is -12.5. The Morgan fingerprint density at radius 2 is 1.09 bits per heavy atom. The largest absolute Gasteiger partial charge is 0.458 e. The minimum atomic E-state index is -2.31. The third kappa shape index (κ3) is 5.11. The van der Waals surface area contributed by atoms with Crippen molar-refractivity contribution in [1.29, 1.82) is 0 Å². The molecule has 3 aromatic rings. The van der Waals surface area contributed by atoms with E-state index in [1.165, 1.54) is 36.4 Å². The van der Waals surface area contributed by atoms with Gasteiger partial charge in [-0.05, 0) is 24.3 Å². The van der Waals surface area contributed by atoms with Gasteiger partial charge >= 0.3 is 11.9 Å². The Morgan fingerprint density at radius 3 is 1.59 bits per heavy atom. The monoisotopic (exact) mass is 450 g/mol. The molecule has 0 saturated heterocycles. The molecule has 0 spiro atoms. The van der Waals surface area contributed by atoms with Crippen molar-refractivity contribution in [3.8, 4) is 0 Å². The summed E-state index contributed by atoms with van der Waals surface area (Å²) < 4.78 is 78.9. The SMILES string of the molecule is O=C(OC[C@@H](Cc1c(F)c(F)c(F)c(F)c1F)OC(=O)c1ccccc1)c1ccccc1. The van der Waals surface area contributed by atoms with Crippen molar-refractivity contribution in [2.75, 3.05) is 6.61 Å². The van der Waals surface area contributed by atoms with Crippen molar-refractivity contribution in [2.24, 2.45) is 0 Å². The number of rotatable bonds is 7. The molecule has 3 rings (SSSR count). The number of hydrogen-bond donors (Lipinski definition) is 0. The molecular formula is C23H15F5O4. The van der Waals surface area contributed by atoms with E-state index in [2.05, 4.69) is 0 Å². The highest BCUT2D eigenvalue weighted by Gasteiger charge is 2.29. The van der Waals surface area contributed by atoms with Gasteiger partial charge < -0.3 is 9.47 Å². The second-order valence-electron chi connectivity index (χ2n) is 6.61. The van der Waals surface area contributed by atoms with Crippen molar-refractivity contribution in [1.82, 2.24) is 0 Å². The molecule has 166 valence electrons. The van der Waals surface area contributed by atoms with Gasteiger partial charge in [-0.15, -0.1) is 0 Å². The Kier molecular flexibility index (Phi) is 7.19. The first kappa shape index (κ1) is 22.9. The van der Waals surface area contributed by atoms with Crippen LogP contribution in [-0.4, -0.2) is 24.6 Å². The molecule has 0 saturated carbocycles. The zero-order valence-electron chi connectivity index (χ0n) is 16.3. The molecular weight excluding hydrogens is 435 g/mol. The van der Waals surface area contributed by atoms with Crippen molar-refractivity contribution in [3.05, 3.63) is 106 Å². The lowest BCUT2D eigenvalue weighted by atomic mass is 10.1. The van der Waals surface area contributed by atoms with Crippen LogP contribution in [0.1, 0.15) is 26.3 Å². The lowest BCUT2D eigenvalue weighted by molar-refractivity contribution is -0.000857. The third-order valence-corrected chi connectivity index (χ3v) is 4.43. The van der Waals surface area contributed by atoms with E-state index in [1.807, 2.05) is 0 Å². The quantitative estimate of drug-likeness (QED) is 0.220. The van der Waals surface area contributed by atoms with E-state index in [9.17, 15) is 31.5 Å². The lowest BCUT2D eigenvalue weighted by Gasteiger charge is -2.19. The zero-order valence-corrected chi connectivity index (χ0v) is 16.3. The molecule has 0 amide bonds. The summed E-state index contributed by atoms with van der Waals surface area (Å²) in [6.45, 7) is -0.689. The summed E-state index contributed by atoms with van der Waals surface area (Å²) in [4.78, 5) is 24.5. The van der Waals surface area contributed by atoms with Gasteiger partial charge in [-0.3, -0.25) is 0 Å². The highest BCUT2D eigenvalue weighted by atomic mass is 19.2. The summed E-state index contributed by atoms with van der Waals surface area (Å²) in [5, 5.41) is 0. The smallest absolute Gasteiger partial charge is 0.338 e. The number of ether oxygens (including phenoxy) is 2. The Morgan fingerprint density at radius 1 is 0.656 bits per heavy atom. The summed E-state index contributed by atoms with van der Waals surface area (Å²) in [6, 6.07) is 15.2. The molecule has 0 N–H and O–H groups in total. The van der Waals surface area contributed by atoms with Crippen LogP contribution in [0.4, 0.5) is 22.0 Å². The van der Waals surface area contributed by atoms with Gasteiger partial charge in [0.15, 0.2) is 23.3 Å². The van der Waals surface area contributed by atoms with E-state index < -0.39 is 65.7 Å². The van der Waals surface area contributed by atoms with E-state index in [-0.39, 0.29) is 11.1 Å². The maximum Gasteiger partial charge on any atom is 0.338 e. The van der Waals surface area contributed by atoms with Crippen LogP contribution in [0.3, 0.4) is 0 Å². The molecule has 32 heavy (non-hydrogen) atoms. The molecule has 0 aliphatic rings. The molecule has 0 fully saturated rings. The number of esters is 2. The van der Waals surface area contributed by atoms with Crippen molar-refractivity contribution >= 4 is 11.9 Å². The van der Waals surface area contributed by atoms with Gasteiger partial charge in [0.05, 0.1) is 11.1 Å². The fourth-order valence-electron chi connectivity index (χ4n) is 2.81. The topological polar surface area (TPSA) is 52.6 Å². The number of halogens is 5. The van der Waals surface area contributed by atoms with Gasteiger partial charge in [-0.1, -0.05) is 36.4 Å². The van der Waals surface area contributed by atoms with Crippen LogP contribution < -0.4 is 0 Å². The number of carbonyl (C=O) groups is 2. The normalized spacial score (nSPS) is 11.7. The van der Waals surface area contributed by atoms with E-state index in [0.717, 1.165) is 0 Å². The molecule has 1 atom stereocenters. The van der Waals surface area contributed by atoms with Crippen LogP contribution in [0, 0.1) is 29.1 Å². The first-order valence-corrected chi connectivity index (χ1v) is 9.28. The van der Waals surface area contributed by atoms with Crippen LogP contribution in [-0.2, 0) is 15.9 Å². The molecule has 0 bridgehead atoms. The average molecular weight is 450 g/mol. The molecule has 0 aromatic heterocycles. The predicted molar refractivity (Wildman–Crippen MR) is 102 cm³/mol. The predicted octanol–water partition coefficient (Wildman–Crippen LogP) is 5.01. The van der Waals surface area contributed by atoms with Crippen molar-refractivity contribution in [3.63, 3.8) is 0 Å². The molecule has 0 aliphatic carbocycles. The zero-order chi connectivity index (χ0) is 23.3. The molecule has 3 aromatic carbocycles. The van der Waals surface area contributed by atoms with Crippen LogP contribution in [0.25, 0.3) is 0 Å². The van der Waals surface area contributed by atoms with Crippen LogP contribution >= 0.6 is 0 Å². The molecule has 0 heterocycles. The van der Waals surface area contributed by atoms with Crippen molar-refractivity contribution in [2.45, 2.75) is 12.5 Å². The van der Waals surface area contributed by atoms with Crippen LogP contribution in [0.5, 0.6) is 0 Å². The summed E-state index contributed by atoms with van der Waals surface area (Å²) in [6.07, 6.45) is -2.46. The van der Waals surface area contributed by atoms with Crippen LogP contribution in [0.2, 0.25) is 0 Å². The Hall–Kier alpha value is -3.75. The van der Waals surface area contributed by atoms with Gasteiger partial charge in [-0.25, -0.2) is 31.5 Å². The average Bonchev–Trinajstić information content (AvgIpc) is 2.83. The molecule has 9 heteroatoms. The fraction of sp³-hybridized carbons (Fsp3) is 0.130. The lowest BCUT2D eigenvalue weighted by Crippen LogP contribution is -2.29.